The molecule has 98 valence electrons. The van der Waals surface area contributed by atoms with Gasteiger partial charge >= 0.3 is 0 Å². The Kier molecular flexibility index (Phi) is 5.74. The fourth-order valence-electron chi connectivity index (χ4n) is 1.35. The molecular formula is C11H13ClN2O2S2. The van der Waals surface area contributed by atoms with E-state index in [1.54, 1.807) is 23.7 Å². The number of hydrogen-bond acceptors (Lipinski definition) is 4. The first kappa shape index (κ1) is 15.1. The van der Waals surface area contributed by atoms with Gasteiger partial charge < -0.3 is 0 Å². The maximum absolute atomic E-state index is 11.8. The third-order valence-corrected chi connectivity index (χ3v) is 5.02. The second kappa shape index (κ2) is 6.84. The zero-order valence-corrected chi connectivity index (χ0v) is 11.9. The Labute approximate surface area is 117 Å². The third-order valence-electron chi connectivity index (χ3n) is 2.16. The lowest BCUT2D eigenvalue weighted by atomic mass is 10.3. The summed E-state index contributed by atoms with van der Waals surface area (Å²) in [6.07, 6.45) is 2.29. The summed E-state index contributed by atoms with van der Waals surface area (Å²) in [5.41, 5.74) is 0.876. The molecule has 0 aliphatic heterocycles. The first-order valence-corrected chi connectivity index (χ1v) is 7.48. The Hall–Kier alpha value is -0.950. The number of halogens is 1. The summed E-state index contributed by atoms with van der Waals surface area (Å²) in [5.74, 6) is 0. The standard InChI is InChI=1S/C11H12N2O2S2.ClH/c14-17(15,11-5-3-9-16-11)13-8-6-10-4-1-2-7-12-10;/h1-5,7,9,13H,6,8H2;1H. The van der Waals surface area contributed by atoms with Gasteiger partial charge in [-0.25, -0.2) is 13.1 Å². The van der Waals surface area contributed by atoms with Crippen LogP contribution in [0.3, 0.4) is 0 Å². The van der Waals surface area contributed by atoms with Crippen LogP contribution in [0.15, 0.2) is 46.1 Å². The van der Waals surface area contributed by atoms with Crippen molar-refractivity contribution in [1.82, 2.24) is 9.71 Å². The Morgan fingerprint density at radius 1 is 1.22 bits per heavy atom. The number of pyridine rings is 1. The molecule has 0 amide bonds. The van der Waals surface area contributed by atoms with Crippen molar-refractivity contribution in [2.45, 2.75) is 10.6 Å². The topological polar surface area (TPSA) is 59.1 Å². The molecule has 0 bridgehead atoms. The first-order chi connectivity index (χ1) is 8.18. The lowest BCUT2D eigenvalue weighted by Gasteiger charge is -2.04. The number of nitrogens with one attached hydrogen (secondary N) is 1. The normalized spacial score (nSPS) is 10.9. The highest BCUT2D eigenvalue weighted by Gasteiger charge is 2.13. The van der Waals surface area contributed by atoms with E-state index in [1.807, 2.05) is 18.2 Å². The molecule has 2 heterocycles. The van der Waals surface area contributed by atoms with Crippen LogP contribution in [-0.4, -0.2) is 19.9 Å². The van der Waals surface area contributed by atoms with Crippen molar-refractivity contribution in [2.75, 3.05) is 6.54 Å². The second-order valence-electron chi connectivity index (χ2n) is 3.40. The number of thiophene rings is 1. The molecule has 4 nitrogen and oxygen atoms in total. The lowest BCUT2D eigenvalue weighted by molar-refractivity contribution is 0.583. The minimum absolute atomic E-state index is 0. The van der Waals surface area contributed by atoms with Gasteiger partial charge in [0, 0.05) is 24.9 Å². The van der Waals surface area contributed by atoms with E-state index >= 15 is 0 Å². The molecule has 0 unspecified atom stereocenters. The van der Waals surface area contributed by atoms with E-state index in [0.29, 0.717) is 17.2 Å². The van der Waals surface area contributed by atoms with Crippen LogP contribution < -0.4 is 4.72 Å². The maximum atomic E-state index is 11.8. The average molecular weight is 305 g/mol. The van der Waals surface area contributed by atoms with E-state index < -0.39 is 10.0 Å². The van der Waals surface area contributed by atoms with E-state index in [-0.39, 0.29) is 12.4 Å². The predicted octanol–water partition coefficient (Wildman–Crippen LogP) is 2.09. The van der Waals surface area contributed by atoms with Crippen LogP contribution >= 0.6 is 23.7 Å². The van der Waals surface area contributed by atoms with Crippen molar-refractivity contribution in [3.63, 3.8) is 0 Å². The Balaban J connectivity index is 0.00000162. The van der Waals surface area contributed by atoms with Crippen molar-refractivity contribution < 1.29 is 8.42 Å². The van der Waals surface area contributed by atoms with Crippen LogP contribution in [0.1, 0.15) is 5.69 Å². The highest BCUT2D eigenvalue weighted by molar-refractivity contribution is 7.91. The largest absolute Gasteiger partial charge is 0.261 e. The Bertz CT molecular complexity index is 556. The highest BCUT2D eigenvalue weighted by Crippen LogP contribution is 2.14. The van der Waals surface area contributed by atoms with Crippen LogP contribution in [0.2, 0.25) is 0 Å². The molecule has 2 rings (SSSR count). The lowest BCUT2D eigenvalue weighted by Crippen LogP contribution is -2.25. The highest BCUT2D eigenvalue weighted by atomic mass is 35.5. The molecule has 0 spiro atoms. The quantitative estimate of drug-likeness (QED) is 0.920. The fourth-order valence-corrected chi connectivity index (χ4v) is 3.42. The van der Waals surface area contributed by atoms with Crippen LogP contribution in [0.5, 0.6) is 0 Å². The molecule has 0 fully saturated rings. The van der Waals surface area contributed by atoms with Gasteiger partial charge in [-0.1, -0.05) is 12.1 Å². The predicted molar refractivity (Wildman–Crippen MR) is 74.7 cm³/mol. The molecule has 7 heteroatoms. The monoisotopic (exact) mass is 304 g/mol. The van der Waals surface area contributed by atoms with Gasteiger partial charge in [0.1, 0.15) is 4.21 Å². The molecule has 0 aliphatic rings. The SMILES string of the molecule is Cl.O=S(=O)(NCCc1ccccn1)c1cccs1. The molecule has 1 N–H and O–H groups in total. The molecule has 0 saturated carbocycles. The van der Waals surface area contributed by atoms with E-state index in [2.05, 4.69) is 9.71 Å². The molecule has 0 aliphatic carbocycles. The number of rotatable bonds is 5. The summed E-state index contributed by atoms with van der Waals surface area (Å²) in [6, 6.07) is 8.90. The Morgan fingerprint density at radius 2 is 2.06 bits per heavy atom. The molecule has 0 aromatic carbocycles. The molecular weight excluding hydrogens is 292 g/mol. The first-order valence-electron chi connectivity index (χ1n) is 5.11. The molecule has 18 heavy (non-hydrogen) atoms. The summed E-state index contributed by atoms with van der Waals surface area (Å²) in [7, 11) is -3.35. The molecule has 0 saturated heterocycles. The summed E-state index contributed by atoms with van der Waals surface area (Å²) >= 11 is 1.21. The van der Waals surface area contributed by atoms with Crippen LogP contribution in [0.25, 0.3) is 0 Å². The van der Waals surface area contributed by atoms with Gasteiger partial charge in [0.15, 0.2) is 0 Å². The number of hydrogen-bond donors (Lipinski definition) is 1. The summed E-state index contributed by atoms with van der Waals surface area (Å²) in [4.78, 5) is 4.13. The van der Waals surface area contributed by atoms with Crippen molar-refractivity contribution in [3.05, 3.63) is 47.6 Å². The number of aromatic nitrogens is 1. The van der Waals surface area contributed by atoms with E-state index in [1.165, 1.54) is 11.3 Å². The maximum Gasteiger partial charge on any atom is 0.250 e. The zero-order valence-electron chi connectivity index (χ0n) is 9.44. The minimum atomic E-state index is -3.35. The molecule has 2 aromatic heterocycles. The van der Waals surface area contributed by atoms with E-state index in [9.17, 15) is 8.42 Å². The van der Waals surface area contributed by atoms with Gasteiger partial charge in [0.05, 0.1) is 0 Å². The van der Waals surface area contributed by atoms with Crippen LogP contribution in [0.4, 0.5) is 0 Å². The smallest absolute Gasteiger partial charge is 0.250 e. The number of nitrogens with zero attached hydrogens (tertiary/aromatic N) is 1. The van der Waals surface area contributed by atoms with Crippen molar-refractivity contribution in [2.24, 2.45) is 0 Å². The number of sulfonamides is 1. The van der Waals surface area contributed by atoms with Crippen LogP contribution in [0, 0.1) is 0 Å². The van der Waals surface area contributed by atoms with Crippen molar-refractivity contribution >= 4 is 33.8 Å². The second-order valence-corrected chi connectivity index (χ2v) is 6.34. The minimum Gasteiger partial charge on any atom is -0.261 e. The average Bonchev–Trinajstić information content (AvgIpc) is 2.84. The van der Waals surface area contributed by atoms with Crippen LogP contribution in [-0.2, 0) is 16.4 Å². The van der Waals surface area contributed by atoms with Gasteiger partial charge in [0.2, 0.25) is 10.0 Å². The fraction of sp³-hybridized carbons (Fsp3) is 0.182. The van der Waals surface area contributed by atoms with Crippen molar-refractivity contribution in [3.8, 4) is 0 Å². The summed E-state index contributed by atoms with van der Waals surface area (Å²) < 4.78 is 26.4. The van der Waals surface area contributed by atoms with Gasteiger partial charge in [-0.15, -0.1) is 23.7 Å². The van der Waals surface area contributed by atoms with Gasteiger partial charge in [-0.2, -0.15) is 0 Å². The zero-order chi connectivity index (χ0) is 12.1. The molecule has 0 atom stereocenters. The van der Waals surface area contributed by atoms with E-state index in [4.69, 9.17) is 0 Å². The third kappa shape index (κ3) is 4.06. The van der Waals surface area contributed by atoms with Gasteiger partial charge in [-0.3, -0.25) is 4.98 Å². The van der Waals surface area contributed by atoms with Gasteiger partial charge in [-0.05, 0) is 23.6 Å². The molecule has 2 aromatic rings. The summed E-state index contributed by atoms with van der Waals surface area (Å²) in [6.45, 7) is 0.358. The Morgan fingerprint density at radius 3 is 2.67 bits per heavy atom. The molecule has 0 radical (unpaired) electrons. The van der Waals surface area contributed by atoms with Crippen molar-refractivity contribution in [1.29, 1.82) is 0 Å². The summed E-state index contributed by atoms with van der Waals surface area (Å²) in [5, 5.41) is 1.74. The van der Waals surface area contributed by atoms with Gasteiger partial charge in [0.25, 0.3) is 0 Å². The van der Waals surface area contributed by atoms with E-state index in [0.717, 1.165) is 5.69 Å².